The van der Waals surface area contributed by atoms with Crippen LogP contribution in [0.25, 0.3) is 27.8 Å². The molecule has 0 radical (unpaired) electrons. The molecule has 3 aromatic heterocycles. The third kappa shape index (κ3) is 4.51. The zero-order chi connectivity index (χ0) is 24.4. The minimum atomic E-state index is -0.602. The summed E-state index contributed by atoms with van der Waals surface area (Å²) in [6, 6.07) is 16.0. The van der Waals surface area contributed by atoms with E-state index in [1.165, 1.54) is 7.05 Å². The number of carbonyl (C=O) groups excluding carboxylic acids is 1. The monoisotopic (exact) mass is 490 g/mol. The summed E-state index contributed by atoms with van der Waals surface area (Å²) < 4.78 is 18.1. The molecule has 11 heteroatoms. The van der Waals surface area contributed by atoms with Gasteiger partial charge in [-0.25, -0.2) is 4.79 Å². The molecular formula is C24H19ClN6O4. The number of aromatic nitrogens is 5. The first-order chi connectivity index (χ1) is 17.1. The number of pyridine rings is 1. The maximum atomic E-state index is 11.5. The van der Waals surface area contributed by atoms with Gasteiger partial charge in [0.1, 0.15) is 18.1 Å². The zero-order valence-electron chi connectivity index (χ0n) is 18.7. The van der Waals surface area contributed by atoms with Gasteiger partial charge in [-0.2, -0.15) is 9.61 Å². The number of halogens is 1. The SMILES string of the molecule is CNC(=O)Oc1ccc(-c2ccc3nnc(COc4ccnc5cc(OC)ccc45)n3n2)cc1Cl. The van der Waals surface area contributed by atoms with Crippen LogP contribution in [0.15, 0.2) is 60.8 Å². The Kier molecular flexibility index (Phi) is 6.02. The van der Waals surface area contributed by atoms with Gasteiger partial charge in [0, 0.05) is 30.3 Å². The number of ether oxygens (including phenoxy) is 3. The number of nitrogens with one attached hydrogen (secondary N) is 1. The number of benzene rings is 2. The van der Waals surface area contributed by atoms with Gasteiger partial charge in [-0.15, -0.1) is 10.2 Å². The highest BCUT2D eigenvalue weighted by Crippen LogP contribution is 2.30. The van der Waals surface area contributed by atoms with Crippen molar-refractivity contribution in [2.75, 3.05) is 14.2 Å². The molecule has 1 amide bonds. The van der Waals surface area contributed by atoms with Crippen LogP contribution >= 0.6 is 11.6 Å². The van der Waals surface area contributed by atoms with Crippen LogP contribution in [-0.2, 0) is 6.61 Å². The molecule has 3 heterocycles. The summed E-state index contributed by atoms with van der Waals surface area (Å²) in [6.45, 7) is 0.141. The molecule has 0 aliphatic heterocycles. The lowest BCUT2D eigenvalue weighted by molar-refractivity contribution is 0.203. The third-order valence-corrected chi connectivity index (χ3v) is 5.52. The lowest BCUT2D eigenvalue weighted by Crippen LogP contribution is -2.22. The van der Waals surface area contributed by atoms with Crippen LogP contribution in [0.3, 0.4) is 0 Å². The number of fused-ring (bicyclic) bond motifs is 2. The average Bonchev–Trinajstić information content (AvgIpc) is 3.30. The predicted molar refractivity (Wildman–Crippen MR) is 129 cm³/mol. The Labute approximate surface area is 204 Å². The molecule has 0 aliphatic rings. The highest BCUT2D eigenvalue weighted by Gasteiger charge is 2.13. The highest BCUT2D eigenvalue weighted by atomic mass is 35.5. The van der Waals surface area contributed by atoms with Crippen molar-refractivity contribution >= 4 is 34.2 Å². The second kappa shape index (κ2) is 9.43. The summed E-state index contributed by atoms with van der Waals surface area (Å²) in [7, 11) is 3.08. The molecule has 0 fully saturated rings. The molecule has 0 saturated heterocycles. The Morgan fingerprint density at radius 2 is 1.94 bits per heavy atom. The van der Waals surface area contributed by atoms with E-state index in [-0.39, 0.29) is 17.4 Å². The first-order valence-corrected chi connectivity index (χ1v) is 10.9. The maximum absolute atomic E-state index is 11.5. The fourth-order valence-electron chi connectivity index (χ4n) is 3.47. The Morgan fingerprint density at radius 1 is 1.06 bits per heavy atom. The van der Waals surface area contributed by atoms with Crippen LogP contribution in [-0.4, -0.2) is 45.0 Å². The van der Waals surface area contributed by atoms with Gasteiger partial charge in [-0.05, 0) is 48.5 Å². The minimum Gasteiger partial charge on any atom is -0.497 e. The van der Waals surface area contributed by atoms with Crippen LogP contribution in [0.2, 0.25) is 5.02 Å². The third-order valence-electron chi connectivity index (χ3n) is 5.23. The van der Waals surface area contributed by atoms with Crippen molar-refractivity contribution < 1.29 is 19.0 Å². The second-order valence-corrected chi connectivity index (χ2v) is 7.78. The van der Waals surface area contributed by atoms with E-state index in [9.17, 15) is 4.79 Å². The molecule has 10 nitrogen and oxygen atoms in total. The van der Waals surface area contributed by atoms with Crippen molar-refractivity contribution in [1.29, 1.82) is 0 Å². The Balaban J connectivity index is 1.41. The molecule has 0 saturated carbocycles. The number of rotatable bonds is 6. The topological polar surface area (TPSA) is 113 Å². The Hall–Kier alpha value is -4.44. The number of carbonyl (C=O) groups is 1. The van der Waals surface area contributed by atoms with Gasteiger partial charge < -0.3 is 19.5 Å². The summed E-state index contributed by atoms with van der Waals surface area (Å²) >= 11 is 6.30. The predicted octanol–water partition coefficient (Wildman–Crippen LogP) is 4.30. The Bertz CT molecular complexity index is 1550. The fourth-order valence-corrected chi connectivity index (χ4v) is 3.69. The smallest absolute Gasteiger partial charge is 0.412 e. The van der Waals surface area contributed by atoms with E-state index in [1.54, 1.807) is 48.2 Å². The minimum absolute atomic E-state index is 0.141. The lowest BCUT2D eigenvalue weighted by Gasteiger charge is -2.10. The van der Waals surface area contributed by atoms with Crippen molar-refractivity contribution in [2.45, 2.75) is 6.61 Å². The number of methoxy groups -OCH3 is 1. The molecule has 0 unspecified atom stereocenters. The average molecular weight is 491 g/mol. The summed E-state index contributed by atoms with van der Waals surface area (Å²) in [4.78, 5) is 15.8. The van der Waals surface area contributed by atoms with Crippen molar-refractivity contribution in [2.24, 2.45) is 0 Å². The number of nitrogens with zero attached hydrogens (tertiary/aromatic N) is 5. The van der Waals surface area contributed by atoms with Gasteiger partial charge in [0.05, 0.1) is 23.3 Å². The summed E-state index contributed by atoms with van der Waals surface area (Å²) in [5.41, 5.74) is 2.70. The lowest BCUT2D eigenvalue weighted by atomic mass is 10.1. The highest BCUT2D eigenvalue weighted by molar-refractivity contribution is 6.32. The Morgan fingerprint density at radius 3 is 2.74 bits per heavy atom. The molecule has 0 spiro atoms. The molecule has 176 valence electrons. The van der Waals surface area contributed by atoms with E-state index < -0.39 is 6.09 Å². The standard InChI is InChI=1S/C24H19ClN6O4/c1-26-24(32)35-21-7-3-14(11-17(21)25)18-6-8-22-28-29-23(31(22)30-18)13-34-20-9-10-27-19-12-15(33-2)4-5-16(19)20/h3-12H,13H2,1-2H3,(H,26,32). The molecular weight excluding hydrogens is 472 g/mol. The van der Waals surface area contributed by atoms with Gasteiger partial charge in [-0.3, -0.25) is 4.98 Å². The number of hydrogen-bond donors (Lipinski definition) is 1. The fraction of sp³-hybridized carbons (Fsp3) is 0.125. The number of hydrogen-bond acceptors (Lipinski definition) is 8. The molecule has 35 heavy (non-hydrogen) atoms. The molecule has 2 aromatic carbocycles. The van der Waals surface area contributed by atoms with E-state index in [1.807, 2.05) is 24.3 Å². The van der Waals surface area contributed by atoms with Gasteiger partial charge in [0.15, 0.2) is 17.2 Å². The van der Waals surface area contributed by atoms with Crippen LogP contribution in [0.1, 0.15) is 5.82 Å². The molecule has 0 atom stereocenters. The van der Waals surface area contributed by atoms with Crippen LogP contribution in [0.4, 0.5) is 4.79 Å². The summed E-state index contributed by atoms with van der Waals surface area (Å²) in [6.07, 6.45) is 1.07. The van der Waals surface area contributed by atoms with Gasteiger partial charge >= 0.3 is 6.09 Å². The quantitative estimate of drug-likeness (QED) is 0.375. The van der Waals surface area contributed by atoms with Crippen LogP contribution in [0.5, 0.6) is 17.2 Å². The van der Waals surface area contributed by atoms with Crippen LogP contribution < -0.4 is 19.5 Å². The van der Waals surface area contributed by atoms with Crippen molar-refractivity contribution in [3.05, 3.63) is 71.6 Å². The van der Waals surface area contributed by atoms with E-state index in [2.05, 4.69) is 25.6 Å². The van der Waals surface area contributed by atoms with Crippen molar-refractivity contribution in [3.8, 4) is 28.5 Å². The largest absolute Gasteiger partial charge is 0.497 e. The second-order valence-electron chi connectivity index (χ2n) is 7.37. The van der Waals surface area contributed by atoms with Crippen molar-refractivity contribution in [1.82, 2.24) is 30.1 Å². The molecule has 5 rings (SSSR count). The van der Waals surface area contributed by atoms with Crippen molar-refractivity contribution in [3.63, 3.8) is 0 Å². The zero-order valence-corrected chi connectivity index (χ0v) is 19.5. The van der Waals surface area contributed by atoms with E-state index in [4.69, 9.17) is 25.8 Å². The van der Waals surface area contributed by atoms with Gasteiger partial charge in [0.25, 0.3) is 0 Å². The molecule has 1 N–H and O–H groups in total. The molecule has 0 bridgehead atoms. The normalized spacial score (nSPS) is 10.9. The van der Waals surface area contributed by atoms with Gasteiger partial charge in [-0.1, -0.05) is 11.6 Å². The van der Waals surface area contributed by atoms with Gasteiger partial charge in [0.2, 0.25) is 0 Å². The van der Waals surface area contributed by atoms with E-state index >= 15 is 0 Å². The molecule has 0 aliphatic carbocycles. The summed E-state index contributed by atoms with van der Waals surface area (Å²) in [5.74, 6) is 2.14. The summed E-state index contributed by atoms with van der Waals surface area (Å²) in [5, 5.41) is 16.6. The van der Waals surface area contributed by atoms with E-state index in [0.29, 0.717) is 22.9 Å². The molecule has 5 aromatic rings. The van der Waals surface area contributed by atoms with E-state index in [0.717, 1.165) is 22.2 Å². The number of amides is 1. The maximum Gasteiger partial charge on any atom is 0.412 e. The first-order valence-electron chi connectivity index (χ1n) is 10.5. The first kappa shape index (κ1) is 22.4. The van der Waals surface area contributed by atoms with Crippen LogP contribution in [0, 0.1) is 0 Å².